The van der Waals surface area contributed by atoms with Gasteiger partial charge >= 0.3 is 0 Å². The molecular weight excluding hydrogens is 380 g/mol. The van der Waals surface area contributed by atoms with Crippen molar-refractivity contribution in [2.24, 2.45) is 0 Å². The molecule has 0 radical (unpaired) electrons. The van der Waals surface area contributed by atoms with Gasteiger partial charge in [0.1, 0.15) is 40.3 Å². The second-order valence-electron chi connectivity index (χ2n) is 8.66. The van der Waals surface area contributed by atoms with Gasteiger partial charge in [0.05, 0.1) is 12.0 Å². The number of fused-ring (bicyclic) bond motifs is 2. The summed E-state index contributed by atoms with van der Waals surface area (Å²) in [7, 11) is 0. The van der Waals surface area contributed by atoms with Crippen LogP contribution in [0, 0.1) is 0 Å². The fourth-order valence-electron chi connectivity index (χ4n) is 3.78. The van der Waals surface area contributed by atoms with E-state index in [1.54, 1.807) is 24.3 Å². The first-order chi connectivity index (χ1) is 14.1. The van der Waals surface area contributed by atoms with E-state index in [-0.39, 0.29) is 29.3 Å². The Hall–Kier alpha value is -3.21. The van der Waals surface area contributed by atoms with Gasteiger partial charge in [0.2, 0.25) is 0 Å². The van der Waals surface area contributed by atoms with Gasteiger partial charge < -0.3 is 19.7 Å². The number of carbonyl (C=O) groups excluding carboxylic acids is 1. The van der Waals surface area contributed by atoms with Crippen LogP contribution in [0.25, 0.3) is 6.08 Å². The molecule has 5 nitrogen and oxygen atoms in total. The smallest absolute Gasteiger partial charge is 0.174 e. The minimum absolute atomic E-state index is 0.104. The van der Waals surface area contributed by atoms with Crippen LogP contribution in [0.1, 0.15) is 67.3 Å². The van der Waals surface area contributed by atoms with E-state index in [4.69, 9.17) is 9.47 Å². The SMILES string of the molecule is CC(C)=CCc1cc(C2CC(=O)c3c(cc4c(c3O)C=CC(C)(C)O4)O2)ccc1O. The Kier molecular flexibility index (Phi) is 4.85. The first kappa shape index (κ1) is 20.1. The first-order valence-electron chi connectivity index (χ1n) is 10.1. The number of rotatable bonds is 3. The van der Waals surface area contributed by atoms with Crippen molar-refractivity contribution in [2.45, 2.75) is 52.2 Å². The molecule has 1 atom stereocenters. The fourth-order valence-corrected chi connectivity index (χ4v) is 3.78. The van der Waals surface area contributed by atoms with E-state index >= 15 is 0 Å². The van der Waals surface area contributed by atoms with Crippen molar-refractivity contribution in [2.75, 3.05) is 0 Å². The number of phenols is 2. The third-order valence-corrected chi connectivity index (χ3v) is 5.41. The lowest BCUT2D eigenvalue weighted by Crippen LogP contribution is -2.28. The molecule has 156 valence electrons. The van der Waals surface area contributed by atoms with E-state index in [2.05, 4.69) is 0 Å². The van der Waals surface area contributed by atoms with Gasteiger partial charge in [-0.25, -0.2) is 0 Å². The van der Waals surface area contributed by atoms with E-state index in [9.17, 15) is 15.0 Å². The predicted molar refractivity (Wildman–Crippen MR) is 115 cm³/mol. The third kappa shape index (κ3) is 3.67. The Morgan fingerprint density at radius 2 is 1.97 bits per heavy atom. The highest BCUT2D eigenvalue weighted by Crippen LogP contribution is 2.47. The molecule has 0 saturated heterocycles. The highest BCUT2D eigenvalue weighted by Gasteiger charge is 2.35. The van der Waals surface area contributed by atoms with Crippen molar-refractivity contribution in [3.63, 3.8) is 0 Å². The lowest BCUT2D eigenvalue weighted by Gasteiger charge is -2.32. The van der Waals surface area contributed by atoms with Crippen LogP contribution in [0.15, 0.2) is 42.0 Å². The molecule has 0 aliphatic carbocycles. The van der Waals surface area contributed by atoms with Crippen molar-refractivity contribution in [3.8, 4) is 23.0 Å². The molecule has 0 amide bonds. The quantitative estimate of drug-likeness (QED) is 0.659. The number of hydrogen-bond acceptors (Lipinski definition) is 5. The molecular formula is C25H26O5. The van der Waals surface area contributed by atoms with Crippen LogP contribution in [-0.4, -0.2) is 21.6 Å². The van der Waals surface area contributed by atoms with Gasteiger partial charge in [-0.15, -0.1) is 0 Å². The average Bonchev–Trinajstić information content (AvgIpc) is 2.65. The maximum atomic E-state index is 12.9. The zero-order chi connectivity index (χ0) is 21.6. The van der Waals surface area contributed by atoms with Gasteiger partial charge in [0, 0.05) is 6.07 Å². The number of ketones is 1. The fraction of sp³-hybridized carbons (Fsp3) is 0.320. The van der Waals surface area contributed by atoms with Gasteiger partial charge in [0.25, 0.3) is 0 Å². The second kappa shape index (κ2) is 7.24. The lowest BCUT2D eigenvalue weighted by molar-refractivity contribution is 0.0842. The van der Waals surface area contributed by atoms with Crippen LogP contribution >= 0.6 is 0 Å². The van der Waals surface area contributed by atoms with E-state index in [1.165, 1.54) is 0 Å². The lowest BCUT2D eigenvalue weighted by atomic mass is 9.91. The highest BCUT2D eigenvalue weighted by atomic mass is 16.5. The van der Waals surface area contributed by atoms with Gasteiger partial charge in [-0.3, -0.25) is 4.79 Å². The Labute approximate surface area is 176 Å². The zero-order valence-corrected chi connectivity index (χ0v) is 17.7. The van der Waals surface area contributed by atoms with Gasteiger partial charge in [-0.1, -0.05) is 17.7 Å². The third-order valence-electron chi connectivity index (χ3n) is 5.41. The minimum Gasteiger partial charge on any atom is -0.508 e. The van der Waals surface area contributed by atoms with Gasteiger partial charge in [-0.2, -0.15) is 0 Å². The molecule has 1 unspecified atom stereocenters. The number of benzene rings is 2. The number of hydrogen-bond donors (Lipinski definition) is 2. The Balaban J connectivity index is 1.70. The maximum absolute atomic E-state index is 12.9. The largest absolute Gasteiger partial charge is 0.508 e. The molecule has 2 heterocycles. The molecule has 2 aliphatic heterocycles. The number of aromatic hydroxyl groups is 2. The van der Waals surface area contributed by atoms with Crippen LogP contribution in [-0.2, 0) is 6.42 Å². The van der Waals surface area contributed by atoms with E-state index in [0.717, 1.165) is 16.7 Å². The summed E-state index contributed by atoms with van der Waals surface area (Å²) in [5.41, 5.74) is 2.93. The van der Waals surface area contributed by atoms with Crippen LogP contribution < -0.4 is 9.47 Å². The summed E-state index contributed by atoms with van der Waals surface area (Å²) in [5.74, 6) is 0.735. The number of Topliss-reactive ketones (excluding diaryl/α,β-unsaturated/α-hetero) is 1. The van der Waals surface area contributed by atoms with Gasteiger partial charge in [-0.05, 0) is 69.5 Å². The van der Waals surface area contributed by atoms with Crippen LogP contribution in [0.2, 0.25) is 0 Å². The molecule has 0 saturated carbocycles. The molecule has 0 bridgehead atoms. The summed E-state index contributed by atoms with van der Waals surface area (Å²) < 4.78 is 12.1. The normalized spacial score (nSPS) is 18.7. The summed E-state index contributed by atoms with van der Waals surface area (Å²) in [6.45, 7) is 7.85. The molecule has 2 aromatic rings. The molecule has 5 heteroatoms. The Bertz CT molecular complexity index is 1090. The highest BCUT2D eigenvalue weighted by molar-refractivity contribution is 6.04. The second-order valence-corrected chi connectivity index (χ2v) is 8.66. The van der Waals surface area contributed by atoms with Crippen molar-refractivity contribution in [3.05, 3.63) is 64.2 Å². The predicted octanol–water partition coefficient (Wildman–Crippen LogP) is 5.50. The maximum Gasteiger partial charge on any atom is 0.174 e. The summed E-state index contributed by atoms with van der Waals surface area (Å²) in [5, 5.41) is 20.9. The summed E-state index contributed by atoms with van der Waals surface area (Å²) in [6.07, 6.45) is 5.88. The topological polar surface area (TPSA) is 76.0 Å². The summed E-state index contributed by atoms with van der Waals surface area (Å²) >= 11 is 0. The van der Waals surface area contributed by atoms with E-state index in [1.807, 2.05) is 45.9 Å². The zero-order valence-electron chi connectivity index (χ0n) is 17.7. The molecule has 0 fully saturated rings. The Morgan fingerprint density at radius 1 is 1.20 bits per heavy atom. The molecule has 30 heavy (non-hydrogen) atoms. The standard InChI is InChI=1S/C25H26O5/c1-14(2)5-6-15-11-16(7-8-18(15)26)20-12-19(27)23-22(29-20)13-21-17(24(23)28)9-10-25(3,4)30-21/h5,7-11,13,20,26,28H,6,12H2,1-4H3. The van der Waals surface area contributed by atoms with Crippen LogP contribution in [0.5, 0.6) is 23.0 Å². The number of allylic oxidation sites excluding steroid dienone is 2. The number of phenolic OH excluding ortho intramolecular Hbond substituents is 2. The molecule has 4 rings (SSSR count). The molecule has 0 aromatic heterocycles. The monoisotopic (exact) mass is 406 g/mol. The summed E-state index contributed by atoms with van der Waals surface area (Å²) in [4.78, 5) is 12.9. The average molecular weight is 406 g/mol. The van der Waals surface area contributed by atoms with Crippen molar-refractivity contribution in [1.82, 2.24) is 0 Å². The minimum atomic E-state index is -0.511. The molecule has 2 aromatic carbocycles. The van der Waals surface area contributed by atoms with Gasteiger partial charge in [0.15, 0.2) is 5.78 Å². The van der Waals surface area contributed by atoms with E-state index < -0.39 is 11.7 Å². The molecule has 2 aliphatic rings. The van der Waals surface area contributed by atoms with Crippen LogP contribution in [0.4, 0.5) is 0 Å². The number of carbonyl (C=O) groups is 1. The van der Waals surface area contributed by atoms with E-state index in [0.29, 0.717) is 23.5 Å². The summed E-state index contributed by atoms with van der Waals surface area (Å²) in [6, 6.07) is 6.96. The van der Waals surface area contributed by atoms with Crippen molar-refractivity contribution >= 4 is 11.9 Å². The number of ether oxygens (including phenoxy) is 2. The molecule has 2 N–H and O–H groups in total. The Morgan fingerprint density at radius 3 is 2.70 bits per heavy atom. The first-order valence-corrected chi connectivity index (χ1v) is 10.1. The van der Waals surface area contributed by atoms with Crippen LogP contribution in [0.3, 0.4) is 0 Å². The molecule has 0 spiro atoms. The van der Waals surface area contributed by atoms with Crippen molar-refractivity contribution < 1.29 is 24.5 Å². The van der Waals surface area contributed by atoms with Crippen molar-refractivity contribution in [1.29, 1.82) is 0 Å².